The standard InChI is InChI=1S/C10H7Cl2N/c11-8-1-2-10(12)9(5-8)7-3-4-13-6-7/h1-6,13H. The fourth-order valence-electron chi connectivity index (χ4n) is 1.21. The summed E-state index contributed by atoms with van der Waals surface area (Å²) < 4.78 is 0. The predicted molar refractivity (Wildman–Crippen MR) is 56.2 cm³/mol. The zero-order chi connectivity index (χ0) is 9.26. The highest BCUT2D eigenvalue weighted by Gasteiger charge is 2.03. The highest BCUT2D eigenvalue weighted by atomic mass is 35.5. The number of benzene rings is 1. The Labute approximate surface area is 86.3 Å². The lowest BCUT2D eigenvalue weighted by molar-refractivity contribution is 1.41. The molecule has 0 amide bonds. The van der Waals surface area contributed by atoms with Gasteiger partial charge in [0.25, 0.3) is 0 Å². The van der Waals surface area contributed by atoms with Gasteiger partial charge in [-0.2, -0.15) is 0 Å². The first-order valence-electron chi connectivity index (χ1n) is 3.85. The first kappa shape index (κ1) is 8.67. The Kier molecular flexibility index (Phi) is 2.30. The van der Waals surface area contributed by atoms with Crippen LogP contribution in [0.3, 0.4) is 0 Å². The van der Waals surface area contributed by atoms with E-state index < -0.39 is 0 Å². The summed E-state index contributed by atoms with van der Waals surface area (Å²) in [6, 6.07) is 7.39. The summed E-state index contributed by atoms with van der Waals surface area (Å²) in [4.78, 5) is 2.97. The van der Waals surface area contributed by atoms with Gasteiger partial charge in [-0.1, -0.05) is 23.2 Å². The van der Waals surface area contributed by atoms with Crippen molar-refractivity contribution in [3.63, 3.8) is 0 Å². The third-order valence-corrected chi connectivity index (χ3v) is 2.40. The van der Waals surface area contributed by atoms with Crippen LogP contribution in [0.2, 0.25) is 10.0 Å². The van der Waals surface area contributed by atoms with E-state index in [-0.39, 0.29) is 0 Å². The lowest BCUT2D eigenvalue weighted by Crippen LogP contribution is -1.76. The van der Waals surface area contributed by atoms with Crippen LogP contribution in [-0.2, 0) is 0 Å². The van der Waals surface area contributed by atoms with Gasteiger partial charge in [-0.15, -0.1) is 0 Å². The van der Waals surface area contributed by atoms with E-state index in [1.54, 1.807) is 12.1 Å². The highest BCUT2D eigenvalue weighted by molar-refractivity contribution is 6.35. The van der Waals surface area contributed by atoms with Crippen molar-refractivity contribution in [1.82, 2.24) is 4.98 Å². The Hall–Kier alpha value is -0.920. The minimum Gasteiger partial charge on any atom is -0.367 e. The van der Waals surface area contributed by atoms with Crippen LogP contribution in [0, 0.1) is 0 Å². The van der Waals surface area contributed by atoms with E-state index in [0.29, 0.717) is 10.0 Å². The Balaban J connectivity index is 2.57. The van der Waals surface area contributed by atoms with Gasteiger partial charge in [-0.05, 0) is 24.3 Å². The molecule has 1 heterocycles. The van der Waals surface area contributed by atoms with Crippen LogP contribution in [0.1, 0.15) is 0 Å². The van der Waals surface area contributed by atoms with Crippen LogP contribution in [0.15, 0.2) is 36.7 Å². The van der Waals surface area contributed by atoms with E-state index in [4.69, 9.17) is 23.2 Å². The van der Waals surface area contributed by atoms with Gasteiger partial charge in [0, 0.05) is 33.6 Å². The topological polar surface area (TPSA) is 15.8 Å². The number of nitrogens with one attached hydrogen (secondary N) is 1. The number of rotatable bonds is 1. The summed E-state index contributed by atoms with van der Waals surface area (Å²) in [6.45, 7) is 0. The minimum absolute atomic E-state index is 0.695. The Morgan fingerprint density at radius 3 is 2.62 bits per heavy atom. The Morgan fingerprint density at radius 1 is 1.08 bits per heavy atom. The number of H-pyrrole nitrogens is 1. The second-order valence-corrected chi connectivity index (χ2v) is 3.57. The van der Waals surface area contributed by atoms with Crippen LogP contribution in [0.4, 0.5) is 0 Å². The molecule has 2 aromatic rings. The van der Waals surface area contributed by atoms with Gasteiger partial charge in [0.2, 0.25) is 0 Å². The van der Waals surface area contributed by atoms with Crippen molar-refractivity contribution in [3.8, 4) is 11.1 Å². The maximum Gasteiger partial charge on any atom is 0.0485 e. The molecule has 0 aliphatic carbocycles. The summed E-state index contributed by atoms with van der Waals surface area (Å²) in [5, 5.41) is 1.41. The van der Waals surface area contributed by atoms with E-state index in [1.165, 1.54) is 0 Å². The van der Waals surface area contributed by atoms with Gasteiger partial charge in [0.05, 0.1) is 0 Å². The monoisotopic (exact) mass is 211 g/mol. The van der Waals surface area contributed by atoms with Crippen LogP contribution in [0.5, 0.6) is 0 Å². The van der Waals surface area contributed by atoms with Crippen LogP contribution in [0.25, 0.3) is 11.1 Å². The number of aromatic amines is 1. The largest absolute Gasteiger partial charge is 0.367 e. The average molecular weight is 212 g/mol. The molecule has 0 aliphatic heterocycles. The van der Waals surface area contributed by atoms with Gasteiger partial charge >= 0.3 is 0 Å². The van der Waals surface area contributed by atoms with Crippen molar-refractivity contribution in [2.75, 3.05) is 0 Å². The lowest BCUT2D eigenvalue weighted by Gasteiger charge is -2.01. The van der Waals surface area contributed by atoms with Gasteiger partial charge in [0.1, 0.15) is 0 Å². The van der Waals surface area contributed by atoms with Crippen molar-refractivity contribution < 1.29 is 0 Å². The number of halogens is 2. The second kappa shape index (κ2) is 3.44. The molecule has 0 saturated heterocycles. The zero-order valence-corrected chi connectivity index (χ0v) is 8.23. The molecule has 2 rings (SSSR count). The van der Waals surface area contributed by atoms with Gasteiger partial charge < -0.3 is 4.98 Å². The van der Waals surface area contributed by atoms with E-state index >= 15 is 0 Å². The molecule has 0 saturated carbocycles. The molecule has 0 unspecified atom stereocenters. The highest BCUT2D eigenvalue weighted by Crippen LogP contribution is 2.29. The molecule has 13 heavy (non-hydrogen) atoms. The van der Waals surface area contributed by atoms with Crippen molar-refractivity contribution in [2.45, 2.75) is 0 Å². The van der Waals surface area contributed by atoms with Gasteiger partial charge in [-0.3, -0.25) is 0 Å². The van der Waals surface area contributed by atoms with E-state index in [9.17, 15) is 0 Å². The van der Waals surface area contributed by atoms with Crippen molar-refractivity contribution in [1.29, 1.82) is 0 Å². The quantitative estimate of drug-likeness (QED) is 0.735. The molecule has 66 valence electrons. The van der Waals surface area contributed by atoms with Crippen molar-refractivity contribution in [2.24, 2.45) is 0 Å². The summed E-state index contributed by atoms with van der Waals surface area (Å²) in [7, 11) is 0. The molecule has 1 N–H and O–H groups in total. The first-order valence-corrected chi connectivity index (χ1v) is 4.61. The van der Waals surface area contributed by atoms with Crippen LogP contribution >= 0.6 is 23.2 Å². The number of hydrogen-bond acceptors (Lipinski definition) is 0. The summed E-state index contributed by atoms with van der Waals surface area (Å²) in [6.07, 6.45) is 3.74. The molecule has 0 fully saturated rings. The molecular formula is C10H7Cl2N. The molecule has 1 aromatic carbocycles. The van der Waals surface area contributed by atoms with E-state index in [0.717, 1.165) is 11.1 Å². The maximum atomic E-state index is 6.02. The van der Waals surface area contributed by atoms with Crippen molar-refractivity contribution >= 4 is 23.2 Å². The molecule has 0 aliphatic rings. The lowest BCUT2D eigenvalue weighted by atomic mass is 10.1. The molecule has 0 bridgehead atoms. The molecule has 0 radical (unpaired) electrons. The summed E-state index contributed by atoms with van der Waals surface area (Å²) in [5.74, 6) is 0. The van der Waals surface area contributed by atoms with Crippen LogP contribution < -0.4 is 0 Å². The minimum atomic E-state index is 0.695. The fourth-order valence-corrected chi connectivity index (χ4v) is 1.61. The number of hydrogen-bond donors (Lipinski definition) is 1. The van der Waals surface area contributed by atoms with E-state index in [2.05, 4.69) is 4.98 Å². The SMILES string of the molecule is Clc1ccc(Cl)c(-c2cc[nH]c2)c1. The Morgan fingerprint density at radius 2 is 1.92 bits per heavy atom. The molecule has 3 heteroatoms. The summed E-state index contributed by atoms with van der Waals surface area (Å²) in [5.41, 5.74) is 2.00. The summed E-state index contributed by atoms with van der Waals surface area (Å²) >= 11 is 11.9. The molecule has 0 spiro atoms. The van der Waals surface area contributed by atoms with Crippen molar-refractivity contribution in [3.05, 3.63) is 46.7 Å². The van der Waals surface area contributed by atoms with E-state index in [1.807, 2.05) is 24.5 Å². The van der Waals surface area contributed by atoms with Crippen LogP contribution in [-0.4, -0.2) is 4.98 Å². The third kappa shape index (κ3) is 1.71. The fraction of sp³-hybridized carbons (Fsp3) is 0. The zero-order valence-electron chi connectivity index (χ0n) is 6.72. The number of aromatic nitrogens is 1. The molecule has 0 atom stereocenters. The second-order valence-electron chi connectivity index (χ2n) is 2.72. The average Bonchev–Trinajstić information content (AvgIpc) is 2.61. The molecule has 1 nitrogen and oxygen atoms in total. The molecular weight excluding hydrogens is 205 g/mol. The predicted octanol–water partition coefficient (Wildman–Crippen LogP) is 3.99. The first-order chi connectivity index (χ1) is 6.27. The smallest absolute Gasteiger partial charge is 0.0485 e. The maximum absolute atomic E-state index is 6.02. The third-order valence-electron chi connectivity index (χ3n) is 1.84. The molecule has 1 aromatic heterocycles. The van der Waals surface area contributed by atoms with Gasteiger partial charge in [0.15, 0.2) is 0 Å². The normalized spacial score (nSPS) is 10.3. The van der Waals surface area contributed by atoms with Gasteiger partial charge in [-0.25, -0.2) is 0 Å². The Bertz CT molecular complexity index is 407.